The number of sulfonamides is 1. The highest BCUT2D eigenvalue weighted by Gasteiger charge is 2.15. The van der Waals surface area contributed by atoms with Crippen LogP contribution in [0.3, 0.4) is 0 Å². The molecule has 0 aliphatic heterocycles. The summed E-state index contributed by atoms with van der Waals surface area (Å²) in [6.45, 7) is 1.49. The first kappa shape index (κ1) is 23.0. The highest BCUT2D eigenvalue weighted by atomic mass is 35.5. The van der Waals surface area contributed by atoms with E-state index in [0.29, 0.717) is 32.8 Å². The molecular formula is C21H17Cl2N3O3S2. The van der Waals surface area contributed by atoms with Crippen LogP contribution in [0.2, 0.25) is 10.0 Å². The van der Waals surface area contributed by atoms with E-state index in [2.05, 4.69) is 15.4 Å². The number of carbonyl (C=O) groups is 1. The van der Waals surface area contributed by atoms with Crippen molar-refractivity contribution >= 4 is 73.4 Å². The van der Waals surface area contributed by atoms with E-state index in [0.717, 1.165) is 0 Å². The molecule has 0 saturated carbocycles. The minimum atomic E-state index is -3.81. The summed E-state index contributed by atoms with van der Waals surface area (Å²) in [5.74, 6) is -0.0474. The van der Waals surface area contributed by atoms with E-state index < -0.39 is 10.0 Å². The van der Waals surface area contributed by atoms with Crippen LogP contribution in [0.4, 0.5) is 17.1 Å². The molecule has 10 heteroatoms. The van der Waals surface area contributed by atoms with Gasteiger partial charge in [-0.2, -0.15) is 0 Å². The lowest BCUT2D eigenvalue weighted by Gasteiger charge is -2.12. The van der Waals surface area contributed by atoms with Gasteiger partial charge in [-0.15, -0.1) is 0 Å². The molecule has 0 saturated heterocycles. The molecule has 0 amide bonds. The Bertz CT molecular complexity index is 1250. The van der Waals surface area contributed by atoms with Gasteiger partial charge in [0.2, 0.25) is 0 Å². The van der Waals surface area contributed by atoms with Gasteiger partial charge in [-0.1, -0.05) is 35.3 Å². The fourth-order valence-electron chi connectivity index (χ4n) is 2.60. The second-order valence-electron chi connectivity index (χ2n) is 6.47. The van der Waals surface area contributed by atoms with Gasteiger partial charge < -0.3 is 10.6 Å². The number of hydrogen-bond donors (Lipinski definition) is 3. The van der Waals surface area contributed by atoms with E-state index in [4.69, 9.17) is 35.4 Å². The van der Waals surface area contributed by atoms with Crippen LogP contribution in [0.5, 0.6) is 0 Å². The zero-order chi connectivity index (χ0) is 22.6. The third kappa shape index (κ3) is 6.18. The third-order valence-electron chi connectivity index (χ3n) is 4.12. The van der Waals surface area contributed by atoms with Crippen molar-refractivity contribution in [2.75, 3.05) is 15.4 Å². The first-order valence-electron chi connectivity index (χ1n) is 8.91. The maximum atomic E-state index is 12.6. The molecule has 3 rings (SSSR count). The first-order chi connectivity index (χ1) is 14.6. The molecule has 3 N–H and O–H groups in total. The molecule has 0 radical (unpaired) electrons. The Balaban J connectivity index is 1.66. The highest BCUT2D eigenvalue weighted by Crippen LogP contribution is 2.26. The second-order valence-corrected chi connectivity index (χ2v) is 9.38. The summed E-state index contributed by atoms with van der Waals surface area (Å²) >= 11 is 17.1. The van der Waals surface area contributed by atoms with Crippen molar-refractivity contribution in [1.29, 1.82) is 0 Å². The molecule has 6 nitrogen and oxygen atoms in total. The average molecular weight is 494 g/mol. The maximum absolute atomic E-state index is 12.6. The fraction of sp³-hybridized carbons (Fsp3) is 0.0476. The Labute approximate surface area is 195 Å². The van der Waals surface area contributed by atoms with Crippen molar-refractivity contribution < 1.29 is 13.2 Å². The number of hydrogen-bond acceptors (Lipinski definition) is 4. The molecule has 0 aliphatic carbocycles. The van der Waals surface area contributed by atoms with Crippen LogP contribution in [0.15, 0.2) is 71.6 Å². The number of halogens is 2. The smallest absolute Gasteiger partial charge is 0.261 e. The molecule has 3 aromatic carbocycles. The van der Waals surface area contributed by atoms with Gasteiger partial charge in [0.1, 0.15) is 0 Å². The predicted octanol–water partition coefficient (Wildman–Crippen LogP) is 5.81. The summed E-state index contributed by atoms with van der Waals surface area (Å²) in [7, 11) is -3.81. The van der Waals surface area contributed by atoms with E-state index in [1.807, 2.05) is 0 Å². The third-order valence-corrected chi connectivity index (χ3v) is 6.46. The Hall–Kier alpha value is -2.65. The van der Waals surface area contributed by atoms with Crippen molar-refractivity contribution in [1.82, 2.24) is 0 Å². The van der Waals surface area contributed by atoms with Gasteiger partial charge in [0.05, 0.1) is 20.6 Å². The van der Waals surface area contributed by atoms with Crippen LogP contribution in [0, 0.1) is 0 Å². The van der Waals surface area contributed by atoms with Crippen LogP contribution in [0.1, 0.15) is 17.3 Å². The predicted molar refractivity (Wildman–Crippen MR) is 130 cm³/mol. The lowest BCUT2D eigenvalue weighted by atomic mass is 10.1. The quantitative estimate of drug-likeness (QED) is 0.296. The van der Waals surface area contributed by atoms with E-state index in [1.54, 1.807) is 36.4 Å². The van der Waals surface area contributed by atoms with Crippen molar-refractivity contribution in [3.05, 3.63) is 82.3 Å². The molecule has 160 valence electrons. The SMILES string of the molecule is CC(=O)c1cccc(NC(=S)Nc2ccc(S(=O)(=O)Nc3ccc(Cl)c(Cl)c3)cc2)c1. The second kappa shape index (κ2) is 9.65. The number of thiocarbonyl (C=S) groups is 1. The van der Waals surface area contributed by atoms with Crippen molar-refractivity contribution in [3.8, 4) is 0 Å². The Morgan fingerprint density at radius 1 is 0.839 bits per heavy atom. The van der Waals surface area contributed by atoms with Gasteiger partial charge in [-0.3, -0.25) is 9.52 Å². The topological polar surface area (TPSA) is 87.3 Å². The molecule has 0 spiro atoms. The number of nitrogens with one attached hydrogen (secondary N) is 3. The van der Waals surface area contributed by atoms with Gasteiger partial charge in [-0.05, 0) is 73.7 Å². The van der Waals surface area contributed by atoms with Crippen LogP contribution < -0.4 is 15.4 Å². The molecule has 31 heavy (non-hydrogen) atoms. The zero-order valence-electron chi connectivity index (χ0n) is 16.1. The molecule has 0 fully saturated rings. The standard InChI is InChI=1S/C21H17Cl2N3O3S2/c1-13(27)14-3-2-4-16(11-14)25-21(30)24-15-5-8-18(9-6-15)31(28,29)26-17-7-10-19(22)20(23)12-17/h2-12,26H,1H3,(H2,24,25,30). The van der Waals surface area contributed by atoms with Crippen LogP contribution in [-0.2, 0) is 10.0 Å². The summed E-state index contributed by atoms with van der Waals surface area (Å²) in [6, 6.07) is 17.5. The molecule has 0 atom stereocenters. The first-order valence-corrected chi connectivity index (χ1v) is 11.6. The van der Waals surface area contributed by atoms with E-state index in [9.17, 15) is 13.2 Å². The van der Waals surface area contributed by atoms with Crippen molar-refractivity contribution in [2.45, 2.75) is 11.8 Å². The van der Waals surface area contributed by atoms with Gasteiger partial charge in [0.25, 0.3) is 10.0 Å². The summed E-state index contributed by atoms with van der Waals surface area (Å²) < 4.78 is 27.6. The average Bonchev–Trinajstić information content (AvgIpc) is 2.71. The monoisotopic (exact) mass is 493 g/mol. The van der Waals surface area contributed by atoms with E-state index in [1.165, 1.54) is 37.3 Å². The van der Waals surface area contributed by atoms with Crippen molar-refractivity contribution in [2.24, 2.45) is 0 Å². The molecule has 0 aromatic heterocycles. The number of benzene rings is 3. The summed E-state index contributed by atoms with van der Waals surface area (Å²) in [5, 5.41) is 6.83. The molecule has 0 unspecified atom stereocenters. The Morgan fingerprint density at radius 2 is 1.48 bits per heavy atom. The molecular weight excluding hydrogens is 477 g/mol. The number of anilines is 3. The lowest BCUT2D eigenvalue weighted by Crippen LogP contribution is -2.19. The highest BCUT2D eigenvalue weighted by molar-refractivity contribution is 7.92. The number of Topliss-reactive ketones (excluding diaryl/α,β-unsaturated/α-hetero) is 1. The zero-order valence-corrected chi connectivity index (χ0v) is 19.3. The summed E-state index contributed by atoms with van der Waals surface area (Å²) in [5.41, 5.74) is 2.12. The van der Waals surface area contributed by atoms with Gasteiger partial charge >= 0.3 is 0 Å². The van der Waals surface area contributed by atoms with Gasteiger partial charge in [-0.25, -0.2) is 8.42 Å². The molecule has 3 aromatic rings. The Morgan fingerprint density at radius 3 is 2.13 bits per heavy atom. The minimum Gasteiger partial charge on any atom is -0.332 e. The number of carbonyl (C=O) groups excluding carboxylic acids is 1. The van der Waals surface area contributed by atoms with Crippen LogP contribution in [-0.4, -0.2) is 19.3 Å². The number of rotatable bonds is 6. The normalized spacial score (nSPS) is 10.9. The summed E-state index contributed by atoms with van der Waals surface area (Å²) in [6.07, 6.45) is 0. The van der Waals surface area contributed by atoms with E-state index >= 15 is 0 Å². The van der Waals surface area contributed by atoms with E-state index in [-0.39, 0.29) is 15.7 Å². The molecule has 0 heterocycles. The lowest BCUT2D eigenvalue weighted by molar-refractivity contribution is 0.101. The van der Waals surface area contributed by atoms with Gasteiger partial charge in [0, 0.05) is 16.9 Å². The minimum absolute atomic E-state index is 0.0474. The molecule has 0 aliphatic rings. The Kier molecular flexibility index (Phi) is 7.17. The maximum Gasteiger partial charge on any atom is 0.261 e. The number of ketones is 1. The van der Waals surface area contributed by atoms with Crippen molar-refractivity contribution in [3.63, 3.8) is 0 Å². The van der Waals surface area contributed by atoms with Crippen LogP contribution >= 0.6 is 35.4 Å². The van der Waals surface area contributed by atoms with Crippen LogP contribution in [0.25, 0.3) is 0 Å². The van der Waals surface area contributed by atoms with Gasteiger partial charge in [0.15, 0.2) is 10.9 Å². The summed E-state index contributed by atoms with van der Waals surface area (Å²) in [4.78, 5) is 11.6. The fourth-order valence-corrected chi connectivity index (χ4v) is 4.18. The molecule has 0 bridgehead atoms. The largest absolute Gasteiger partial charge is 0.332 e.